The zero-order valence-electron chi connectivity index (χ0n) is 13.3. The molecule has 22 heavy (non-hydrogen) atoms. The lowest BCUT2D eigenvalue weighted by molar-refractivity contribution is -0.125. The predicted molar refractivity (Wildman–Crippen MR) is 85.2 cm³/mol. The average Bonchev–Trinajstić information content (AvgIpc) is 2.43. The third-order valence-corrected chi connectivity index (χ3v) is 3.13. The Balaban J connectivity index is 2.61. The van der Waals surface area contributed by atoms with Crippen molar-refractivity contribution in [2.45, 2.75) is 19.9 Å². The van der Waals surface area contributed by atoms with Crippen LogP contribution in [0, 0.1) is 11.7 Å². The van der Waals surface area contributed by atoms with Crippen LogP contribution in [0.5, 0.6) is 0 Å². The largest absolute Gasteiger partial charge is 0.378 e. The highest BCUT2D eigenvalue weighted by Gasteiger charge is 2.17. The van der Waals surface area contributed by atoms with Crippen LogP contribution in [0.15, 0.2) is 18.2 Å². The summed E-state index contributed by atoms with van der Waals surface area (Å²) in [6.07, 6.45) is 0. The van der Waals surface area contributed by atoms with E-state index in [2.05, 4.69) is 10.6 Å². The van der Waals surface area contributed by atoms with Gasteiger partial charge in [0.25, 0.3) is 0 Å². The van der Waals surface area contributed by atoms with Crippen LogP contribution >= 0.6 is 0 Å². The summed E-state index contributed by atoms with van der Waals surface area (Å²) in [5, 5.41) is 5.00. The monoisotopic (exact) mass is 310 g/mol. The first-order chi connectivity index (χ1) is 10.2. The van der Waals surface area contributed by atoms with Gasteiger partial charge in [0.2, 0.25) is 11.8 Å². The Labute approximate surface area is 129 Å². The van der Waals surface area contributed by atoms with Crippen LogP contribution in [0.3, 0.4) is 0 Å². The molecule has 0 unspecified atom stereocenters. The van der Waals surface area contributed by atoms with Crippen LogP contribution in [-0.4, -0.2) is 38.5 Å². The van der Waals surface area contributed by atoms with Crippen molar-refractivity contribution >= 4 is 23.2 Å². The van der Waals surface area contributed by atoms with Gasteiger partial charge < -0.3 is 21.3 Å². The number of rotatable bonds is 6. The summed E-state index contributed by atoms with van der Waals surface area (Å²) in [6.45, 7) is 3.42. The molecule has 0 aliphatic carbocycles. The van der Waals surface area contributed by atoms with E-state index in [0.717, 1.165) is 0 Å². The molecule has 0 heterocycles. The summed E-state index contributed by atoms with van der Waals surface area (Å²) in [7, 11) is 3.54. The predicted octanol–water partition coefficient (Wildman–Crippen LogP) is 0.930. The van der Waals surface area contributed by atoms with E-state index in [9.17, 15) is 14.0 Å². The third kappa shape index (κ3) is 5.33. The maximum absolute atomic E-state index is 13.5. The Morgan fingerprint density at radius 2 is 1.91 bits per heavy atom. The summed E-state index contributed by atoms with van der Waals surface area (Å²) >= 11 is 0. The molecule has 0 saturated carbocycles. The van der Waals surface area contributed by atoms with Crippen molar-refractivity contribution < 1.29 is 14.0 Å². The summed E-state index contributed by atoms with van der Waals surface area (Å²) in [5.41, 5.74) is 6.63. The molecule has 0 radical (unpaired) electrons. The van der Waals surface area contributed by atoms with E-state index < -0.39 is 23.7 Å². The van der Waals surface area contributed by atoms with Crippen LogP contribution in [0.4, 0.5) is 15.8 Å². The molecule has 0 aliphatic heterocycles. The molecule has 0 aliphatic rings. The minimum atomic E-state index is -0.665. The Bertz CT molecular complexity index is 546. The number of carbonyl (C=O) groups is 2. The van der Waals surface area contributed by atoms with Gasteiger partial charge in [0.1, 0.15) is 5.82 Å². The van der Waals surface area contributed by atoms with Crippen molar-refractivity contribution in [3.63, 3.8) is 0 Å². The van der Waals surface area contributed by atoms with Crippen molar-refractivity contribution in [2.24, 2.45) is 11.7 Å². The minimum absolute atomic E-state index is 0.0195. The van der Waals surface area contributed by atoms with Gasteiger partial charge in [-0.25, -0.2) is 4.39 Å². The van der Waals surface area contributed by atoms with E-state index in [1.807, 2.05) is 13.8 Å². The molecule has 6 nitrogen and oxygen atoms in total. The molecular formula is C15H23FN4O2. The van der Waals surface area contributed by atoms with Gasteiger partial charge in [-0.2, -0.15) is 0 Å². The lowest BCUT2D eigenvalue weighted by atomic mass is 10.1. The topological polar surface area (TPSA) is 87.5 Å². The molecule has 2 amide bonds. The van der Waals surface area contributed by atoms with Gasteiger partial charge in [-0.1, -0.05) is 13.8 Å². The summed E-state index contributed by atoms with van der Waals surface area (Å²) in [6, 6.07) is 3.55. The Kier molecular flexibility index (Phi) is 6.30. The molecule has 1 rings (SSSR count). The fraction of sp³-hybridized carbons (Fsp3) is 0.467. The highest BCUT2D eigenvalue weighted by molar-refractivity contribution is 5.95. The molecule has 4 N–H and O–H groups in total. The summed E-state index contributed by atoms with van der Waals surface area (Å²) < 4.78 is 13.5. The number of halogens is 1. The molecule has 7 heteroatoms. The molecule has 1 atom stereocenters. The van der Waals surface area contributed by atoms with Crippen LogP contribution < -0.4 is 21.3 Å². The zero-order valence-corrected chi connectivity index (χ0v) is 13.3. The molecule has 122 valence electrons. The lowest BCUT2D eigenvalue weighted by Gasteiger charge is -2.16. The number of hydrogen-bond acceptors (Lipinski definition) is 4. The minimum Gasteiger partial charge on any atom is -0.378 e. The molecule has 1 aromatic rings. The van der Waals surface area contributed by atoms with Gasteiger partial charge in [-0.3, -0.25) is 9.59 Å². The van der Waals surface area contributed by atoms with Gasteiger partial charge >= 0.3 is 0 Å². The first-order valence-corrected chi connectivity index (χ1v) is 7.01. The van der Waals surface area contributed by atoms with Crippen LogP contribution in [0.25, 0.3) is 0 Å². The van der Waals surface area contributed by atoms with E-state index in [-0.39, 0.29) is 12.5 Å². The smallest absolute Gasteiger partial charge is 0.243 e. The number of nitrogens with zero attached hydrogens (tertiary/aromatic N) is 1. The van der Waals surface area contributed by atoms with Crippen molar-refractivity contribution in [1.82, 2.24) is 5.32 Å². The second kappa shape index (κ2) is 7.74. The molecule has 0 bridgehead atoms. The van der Waals surface area contributed by atoms with E-state index in [0.29, 0.717) is 11.4 Å². The summed E-state index contributed by atoms with van der Waals surface area (Å²) in [4.78, 5) is 25.2. The number of anilines is 2. The van der Waals surface area contributed by atoms with Crippen LogP contribution in [0.1, 0.15) is 13.8 Å². The Morgan fingerprint density at radius 1 is 1.27 bits per heavy atom. The van der Waals surface area contributed by atoms with Crippen LogP contribution in [-0.2, 0) is 9.59 Å². The Morgan fingerprint density at radius 3 is 2.45 bits per heavy atom. The number of hydrogen-bond donors (Lipinski definition) is 3. The highest BCUT2D eigenvalue weighted by atomic mass is 19.1. The van der Waals surface area contributed by atoms with Gasteiger partial charge in [0.15, 0.2) is 0 Å². The molecule has 0 aromatic heterocycles. The molecule has 1 aromatic carbocycles. The van der Waals surface area contributed by atoms with Gasteiger partial charge in [-0.15, -0.1) is 0 Å². The number of nitrogens with one attached hydrogen (secondary N) is 2. The average molecular weight is 310 g/mol. The van der Waals surface area contributed by atoms with E-state index in [1.54, 1.807) is 25.1 Å². The van der Waals surface area contributed by atoms with E-state index >= 15 is 0 Å². The maximum atomic E-state index is 13.5. The third-order valence-electron chi connectivity index (χ3n) is 3.13. The SMILES string of the molecule is CC(C)[C@H](N)C(=O)NCC(=O)Nc1cc(F)cc(N(C)C)c1. The van der Waals surface area contributed by atoms with Crippen molar-refractivity contribution in [2.75, 3.05) is 30.9 Å². The van der Waals surface area contributed by atoms with Crippen LogP contribution in [0.2, 0.25) is 0 Å². The first-order valence-electron chi connectivity index (χ1n) is 7.01. The van der Waals surface area contributed by atoms with E-state index in [1.165, 1.54) is 12.1 Å². The standard InChI is InChI=1S/C15H23FN4O2/c1-9(2)14(17)15(22)18-8-13(21)19-11-5-10(16)6-12(7-11)20(3)4/h5-7,9,14H,8,17H2,1-4H3,(H,18,22)(H,19,21)/t14-/m0/s1. The lowest BCUT2D eigenvalue weighted by Crippen LogP contribution is -2.46. The van der Waals surface area contributed by atoms with Crippen molar-refractivity contribution in [1.29, 1.82) is 0 Å². The number of amides is 2. The fourth-order valence-electron chi connectivity index (χ4n) is 1.70. The molecule has 0 saturated heterocycles. The van der Waals surface area contributed by atoms with Gasteiger partial charge in [0, 0.05) is 25.5 Å². The summed E-state index contributed by atoms with van der Waals surface area (Å²) in [5.74, 6) is -1.31. The maximum Gasteiger partial charge on any atom is 0.243 e. The number of carbonyl (C=O) groups excluding carboxylic acids is 2. The second-order valence-electron chi connectivity index (χ2n) is 5.63. The number of benzene rings is 1. The molecule has 0 fully saturated rings. The fourth-order valence-corrected chi connectivity index (χ4v) is 1.70. The quantitative estimate of drug-likeness (QED) is 0.729. The zero-order chi connectivity index (χ0) is 16.9. The van der Waals surface area contributed by atoms with Gasteiger partial charge in [0.05, 0.1) is 12.6 Å². The van der Waals surface area contributed by atoms with Gasteiger partial charge in [-0.05, 0) is 24.1 Å². The van der Waals surface area contributed by atoms with E-state index in [4.69, 9.17) is 5.73 Å². The second-order valence-corrected chi connectivity index (χ2v) is 5.63. The van der Waals surface area contributed by atoms with Crippen molar-refractivity contribution in [3.8, 4) is 0 Å². The Hall–Kier alpha value is -2.15. The molecule has 0 spiro atoms. The normalized spacial score (nSPS) is 12.0. The number of nitrogens with two attached hydrogens (primary N) is 1. The van der Waals surface area contributed by atoms with Crippen molar-refractivity contribution in [3.05, 3.63) is 24.0 Å². The molecular weight excluding hydrogens is 287 g/mol. The first kappa shape index (κ1) is 17.9. The highest BCUT2D eigenvalue weighted by Crippen LogP contribution is 2.20.